The van der Waals surface area contributed by atoms with Crippen molar-refractivity contribution < 1.29 is 9.53 Å². The van der Waals surface area contributed by atoms with Crippen LogP contribution in [0, 0.1) is 5.92 Å². The lowest BCUT2D eigenvalue weighted by molar-refractivity contribution is -0.149. The first-order chi connectivity index (χ1) is 5.25. The fraction of sp³-hybridized carbons (Fsp3) is 0.750. The summed E-state index contributed by atoms with van der Waals surface area (Å²) < 4.78 is 4.89. The quantitative estimate of drug-likeness (QED) is 0.468. The third-order valence-corrected chi connectivity index (χ3v) is 2.48. The molecule has 0 N–H and O–H groups in total. The zero-order chi connectivity index (χ0) is 8.27. The van der Waals surface area contributed by atoms with Crippen molar-refractivity contribution in [3.63, 3.8) is 0 Å². The molecule has 0 aliphatic carbocycles. The van der Waals surface area contributed by atoms with Crippen molar-refractivity contribution in [2.45, 2.75) is 26.2 Å². The minimum atomic E-state index is -0.122. The minimum Gasteiger partial charge on any atom is -0.465 e. The van der Waals surface area contributed by atoms with Gasteiger partial charge < -0.3 is 4.74 Å². The van der Waals surface area contributed by atoms with Gasteiger partial charge in [-0.25, -0.2) is 0 Å². The van der Waals surface area contributed by atoms with Crippen LogP contribution in [0.25, 0.3) is 0 Å². The van der Waals surface area contributed by atoms with Crippen molar-refractivity contribution in [1.82, 2.24) is 0 Å². The molecule has 1 heterocycles. The number of carbonyl (C=O) groups is 1. The Morgan fingerprint density at radius 2 is 2.55 bits per heavy atom. The average Bonchev–Trinajstić information content (AvgIpc) is 2.04. The number of hydrogen-bond acceptors (Lipinski definition) is 3. The van der Waals surface area contributed by atoms with Crippen LogP contribution >= 0.6 is 12.2 Å². The summed E-state index contributed by atoms with van der Waals surface area (Å²) in [5.74, 6) is -0.216. The van der Waals surface area contributed by atoms with E-state index in [1.165, 1.54) is 0 Å². The molecule has 62 valence electrons. The standard InChI is InChI=1S/C8H12O2S/c1-2-7(11)6-4-3-5-10-8(6)9/h6H,2-5H2,1H3. The maximum atomic E-state index is 11.1. The predicted molar refractivity (Wildman–Crippen MR) is 46.6 cm³/mol. The first-order valence-electron chi connectivity index (χ1n) is 3.95. The zero-order valence-corrected chi connectivity index (χ0v) is 7.45. The van der Waals surface area contributed by atoms with Gasteiger partial charge in [0.2, 0.25) is 0 Å². The first-order valence-corrected chi connectivity index (χ1v) is 4.36. The van der Waals surface area contributed by atoms with Crippen molar-refractivity contribution in [2.75, 3.05) is 6.61 Å². The second-order valence-corrected chi connectivity index (χ2v) is 3.21. The van der Waals surface area contributed by atoms with E-state index in [2.05, 4.69) is 0 Å². The Morgan fingerprint density at radius 1 is 1.82 bits per heavy atom. The molecule has 0 saturated carbocycles. The van der Waals surface area contributed by atoms with Crippen molar-refractivity contribution in [3.05, 3.63) is 0 Å². The smallest absolute Gasteiger partial charge is 0.313 e. The van der Waals surface area contributed by atoms with Crippen LogP contribution in [0.4, 0.5) is 0 Å². The molecule has 0 aromatic carbocycles. The van der Waals surface area contributed by atoms with E-state index < -0.39 is 0 Å². The van der Waals surface area contributed by atoms with Crippen LogP contribution in [0.15, 0.2) is 0 Å². The minimum absolute atomic E-state index is 0.0938. The van der Waals surface area contributed by atoms with Gasteiger partial charge in [0.05, 0.1) is 12.5 Å². The van der Waals surface area contributed by atoms with E-state index >= 15 is 0 Å². The van der Waals surface area contributed by atoms with Gasteiger partial charge in [-0.1, -0.05) is 19.1 Å². The lowest BCUT2D eigenvalue weighted by Crippen LogP contribution is -2.29. The molecule has 1 aliphatic rings. The van der Waals surface area contributed by atoms with Crippen LogP contribution in [-0.4, -0.2) is 17.4 Å². The number of cyclic esters (lactones) is 1. The van der Waals surface area contributed by atoms with Crippen molar-refractivity contribution >= 4 is 23.1 Å². The van der Waals surface area contributed by atoms with E-state index in [1.807, 2.05) is 6.92 Å². The van der Waals surface area contributed by atoms with Gasteiger partial charge in [0, 0.05) is 4.86 Å². The largest absolute Gasteiger partial charge is 0.465 e. The molecule has 0 aromatic rings. The molecule has 11 heavy (non-hydrogen) atoms. The van der Waals surface area contributed by atoms with E-state index in [0.717, 1.165) is 24.1 Å². The maximum Gasteiger partial charge on any atom is 0.313 e. The summed E-state index contributed by atoms with van der Waals surface area (Å²) in [6.45, 7) is 2.55. The summed E-state index contributed by atoms with van der Waals surface area (Å²) in [6, 6.07) is 0. The number of esters is 1. The molecule has 1 saturated heterocycles. The van der Waals surface area contributed by atoms with E-state index in [0.29, 0.717) is 6.61 Å². The molecule has 0 bridgehead atoms. The molecule has 0 aromatic heterocycles. The maximum absolute atomic E-state index is 11.1. The summed E-state index contributed by atoms with van der Waals surface area (Å²) in [4.78, 5) is 11.9. The zero-order valence-electron chi connectivity index (χ0n) is 6.63. The molecular formula is C8H12O2S. The van der Waals surface area contributed by atoms with Crippen molar-refractivity contribution in [3.8, 4) is 0 Å². The molecule has 2 nitrogen and oxygen atoms in total. The van der Waals surface area contributed by atoms with Gasteiger partial charge in [0.1, 0.15) is 0 Å². The monoisotopic (exact) mass is 172 g/mol. The molecule has 1 aliphatic heterocycles. The summed E-state index contributed by atoms with van der Waals surface area (Å²) >= 11 is 5.05. The number of thiocarbonyl (C=S) groups is 1. The van der Waals surface area contributed by atoms with Gasteiger partial charge in [0.25, 0.3) is 0 Å². The number of carbonyl (C=O) groups excluding carboxylic acids is 1. The molecule has 3 heteroatoms. The van der Waals surface area contributed by atoms with Gasteiger partial charge in [-0.2, -0.15) is 0 Å². The first kappa shape index (κ1) is 8.65. The molecule has 1 atom stereocenters. The van der Waals surface area contributed by atoms with Crippen molar-refractivity contribution in [2.24, 2.45) is 5.92 Å². The fourth-order valence-corrected chi connectivity index (χ4v) is 1.43. The summed E-state index contributed by atoms with van der Waals surface area (Å²) in [5.41, 5.74) is 0. The van der Waals surface area contributed by atoms with Gasteiger partial charge in [0.15, 0.2) is 0 Å². The van der Waals surface area contributed by atoms with Gasteiger partial charge >= 0.3 is 5.97 Å². The third kappa shape index (κ3) is 1.99. The fourth-order valence-electron chi connectivity index (χ4n) is 1.22. The molecular weight excluding hydrogens is 160 g/mol. The lowest BCUT2D eigenvalue weighted by Gasteiger charge is -2.20. The van der Waals surface area contributed by atoms with Crippen LogP contribution < -0.4 is 0 Å². The Balaban J connectivity index is 2.54. The summed E-state index contributed by atoms with van der Waals surface area (Å²) in [6.07, 6.45) is 2.64. The van der Waals surface area contributed by atoms with E-state index in [9.17, 15) is 4.79 Å². The third-order valence-electron chi connectivity index (χ3n) is 1.90. The molecule has 1 fully saturated rings. The molecule has 0 amide bonds. The van der Waals surface area contributed by atoms with Gasteiger partial charge in [-0.3, -0.25) is 4.79 Å². The summed E-state index contributed by atoms with van der Waals surface area (Å²) in [7, 11) is 0. The second-order valence-electron chi connectivity index (χ2n) is 2.68. The molecule has 0 radical (unpaired) electrons. The van der Waals surface area contributed by atoms with Crippen LogP contribution in [0.1, 0.15) is 26.2 Å². The highest BCUT2D eigenvalue weighted by atomic mass is 32.1. The number of ether oxygens (including phenoxy) is 1. The molecule has 1 rings (SSSR count). The normalized spacial score (nSPS) is 24.5. The number of rotatable bonds is 2. The Morgan fingerprint density at radius 3 is 3.09 bits per heavy atom. The van der Waals surface area contributed by atoms with Crippen LogP contribution in [0.2, 0.25) is 0 Å². The van der Waals surface area contributed by atoms with Gasteiger partial charge in [-0.15, -0.1) is 0 Å². The van der Waals surface area contributed by atoms with E-state index in [-0.39, 0.29) is 11.9 Å². The highest BCUT2D eigenvalue weighted by Gasteiger charge is 2.26. The SMILES string of the molecule is CCC(=S)C1CCCOC1=O. The van der Waals surface area contributed by atoms with Gasteiger partial charge in [-0.05, 0) is 19.3 Å². The summed E-state index contributed by atoms with van der Waals surface area (Å²) in [5, 5.41) is 0. The van der Waals surface area contributed by atoms with Crippen LogP contribution in [-0.2, 0) is 9.53 Å². The highest BCUT2D eigenvalue weighted by Crippen LogP contribution is 2.18. The Hall–Kier alpha value is -0.440. The topological polar surface area (TPSA) is 26.3 Å². The van der Waals surface area contributed by atoms with E-state index in [1.54, 1.807) is 0 Å². The van der Waals surface area contributed by atoms with Crippen molar-refractivity contribution in [1.29, 1.82) is 0 Å². The second kappa shape index (κ2) is 3.81. The van der Waals surface area contributed by atoms with Crippen LogP contribution in [0.3, 0.4) is 0 Å². The molecule has 1 unspecified atom stereocenters. The number of hydrogen-bond donors (Lipinski definition) is 0. The van der Waals surface area contributed by atoms with E-state index in [4.69, 9.17) is 17.0 Å². The lowest BCUT2D eigenvalue weighted by atomic mass is 9.96. The Bertz CT molecular complexity index is 169. The predicted octanol–water partition coefficient (Wildman–Crippen LogP) is 1.72. The molecule has 0 spiro atoms. The Labute approximate surface area is 71.9 Å². The van der Waals surface area contributed by atoms with Crippen LogP contribution in [0.5, 0.6) is 0 Å². The Kier molecular flexibility index (Phi) is 3.00. The average molecular weight is 172 g/mol. The highest BCUT2D eigenvalue weighted by molar-refractivity contribution is 7.80.